The number of nitrogens with one attached hydrogen (secondary N) is 2. The number of rotatable bonds is 11. The van der Waals surface area contributed by atoms with Crippen LogP contribution in [-0.4, -0.2) is 37.6 Å². The zero-order valence-corrected chi connectivity index (χ0v) is 15.6. The average molecular weight is 385 g/mol. The molecule has 0 spiro atoms. The van der Waals surface area contributed by atoms with Crippen LogP contribution < -0.4 is 20.1 Å². The van der Waals surface area contributed by atoms with Gasteiger partial charge in [0.15, 0.2) is 18.1 Å². The SMILES string of the molecule is C=CCc1ccc(OCC(=O)NCCNc2ccccc2[N+](=O)[O-])c(OC)c1. The average Bonchev–Trinajstić information content (AvgIpc) is 2.70. The Labute approximate surface area is 163 Å². The fourth-order valence-electron chi connectivity index (χ4n) is 2.50. The van der Waals surface area contributed by atoms with E-state index in [0.717, 1.165) is 5.56 Å². The van der Waals surface area contributed by atoms with E-state index in [1.165, 1.54) is 13.2 Å². The molecule has 2 N–H and O–H groups in total. The van der Waals surface area contributed by atoms with Gasteiger partial charge in [-0.05, 0) is 30.2 Å². The Morgan fingerprint density at radius 2 is 2.00 bits per heavy atom. The summed E-state index contributed by atoms with van der Waals surface area (Å²) in [5, 5.41) is 16.6. The molecule has 0 bridgehead atoms. The highest BCUT2D eigenvalue weighted by atomic mass is 16.6. The number of para-hydroxylation sites is 2. The van der Waals surface area contributed by atoms with Crippen LogP contribution in [-0.2, 0) is 11.2 Å². The topological polar surface area (TPSA) is 103 Å². The van der Waals surface area contributed by atoms with Crippen molar-refractivity contribution in [1.82, 2.24) is 5.32 Å². The number of ether oxygens (including phenoxy) is 2. The minimum Gasteiger partial charge on any atom is -0.493 e. The lowest BCUT2D eigenvalue weighted by atomic mass is 10.1. The molecule has 0 heterocycles. The zero-order valence-electron chi connectivity index (χ0n) is 15.6. The largest absolute Gasteiger partial charge is 0.493 e. The molecule has 0 unspecified atom stereocenters. The van der Waals surface area contributed by atoms with E-state index in [0.29, 0.717) is 36.7 Å². The summed E-state index contributed by atoms with van der Waals surface area (Å²) in [5.74, 6) is 0.718. The van der Waals surface area contributed by atoms with Gasteiger partial charge in [0.2, 0.25) is 0 Å². The van der Waals surface area contributed by atoms with E-state index >= 15 is 0 Å². The lowest BCUT2D eigenvalue weighted by Gasteiger charge is -2.12. The standard InChI is InChI=1S/C20H23N3O5/c1-3-6-15-9-10-18(19(13-15)27-2)28-14-20(24)22-12-11-21-16-7-4-5-8-17(16)23(25)26/h3-5,7-10,13,21H,1,6,11-12,14H2,2H3,(H,22,24). The van der Waals surface area contributed by atoms with Gasteiger partial charge in [0.1, 0.15) is 5.69 Å². The maximum atomic E-state index is 11.9. The van der Waals surface area contributed by atoms with E-state index in [9.17, 15) is 14.9 Å². The van der Waals surface area contributed by atoms with Crippen molar-refractivity contribution in [2.45, 2.75) is 6.42 Å². The van der Waals surface area contributed by atoms with Crippen molar-refractivity contribution in [2.24, 2.45) is 0 Å². The predicted octanol–water partition coefficient (Wildman–Crippen LogP) is 2.94. The highest BCUT2D eigenvalue weighted by Gasteiger charge is 2.12. The van der Waals surface area contributed by atoms with E-state index in [4.69, 9.17) is 9.47 Å². The number of amides is 1. The van der Waals surface area contributed by atoms with E-state index in [-0.39, 0.29) is 18.2 Å². The molecule has 0 aliphatic carbocycles. The Bertz CT molecular complexity index is 838. The first kappa shape index (κ1) is 20.8. The summed E-state index contributed by atoms with van der Waals surface area (Å²) in [6.45, 7) is 4.17. The van der Waals surface area contributed by atoms with Crippen LogP contribution in [0.25, 0.3) is 0 Å². The summed E-state index contributed by atoms with van der Waals surface area (Å²) in [6.07, 6.45) is 2.50. The maximum absolute atomic E-state index is 11.9. The van der Waals surface area contributed by atoms with Crippen molar-refractivity contribution in [3.8, 4) is 11.5 Å². The molecule has 2 rings (SSSR count). The van der Waals surface area contributed by atoms with Crippen molar-refractivity contribution in [1.29, 1.82) is 0 Å². The molecule has 0 aliphatic heterocycles. The highest BCUT2D eigenvalue weighted by Crippen LogP contribution is 2.28. The van der Waals surface area contributed by atoms with Crippen LogP contribution in [0.15, 0.2) is 55.1 Å². The number of benzene rings is 2. The molecule has 2 aromatic carbocycles. The van der Waals surface area contributed by atoms with Crippen molar-refractivity contribution in [2.75, 3.05) is 32.1 Å². The van der Waals surface area contributed by atoms with Crippen molar-refractivity contribution < 1.29 is 19.2 Å². The van der Waals surface area contributed by atoms with Crippen molar-refractivity contribution in [3.05, 3.63) is 70.8 Å². The number of methoxy groups -OCH3 is 1. The lowest BCUT2D eigenvalue weighted by Crippen LogP contribution is -2.32. The van der Waals surface area contributed by atoms with E-state index in [1.54, 1.807) is 30.3 Å². The monoisotopic (exact) mass is 385 g/mol. The Hall–Kier alpha value is -3.55. The molecule has 2 aromatic rings. The van der Waals surface area contributed by atoms with Gasteiger partial charge in [0.05, 0.1) is 12.0 Å². The molecule has 0 saturated heterocycles. The third-order valence-electron chi connectivity index (χ3n) is 3.83. The summed E-state index contributed by atoms with van der Waals surface area (Å²) in [7, 11) is 1.54. The number of anilines is 1. The fraction of sp³-hybridized carbons (Fsp3) is 0.250. The van der Waals surface area contributed by atoms with Gasteiger partial charge in [-0.1, -0.05) is 24.3 Å². The van der Waals surface area contributed by atoms with E-state index in [1.807, 2.05) is 12.1 Å². The van der Waals surface area contributed by atoms with Crippen LogP contribution in [0.4, 0.5) is 11.4 Å². The molecule has 8 nitrogen and oxygen atoms in total. The molecular weight excluding hydrogens is 362 g/mol. The van der Waals surface area contributed by atoms with Gasteiger partial charge in [0, 0.05) is 19.2 Å². The Balaban J connectivity index is 1.78. The minimum atomic E-state index is -0.456. The lowest BCUT2D eigenvalue weighted by molar-refractivity contribution is -0.384. The highest BCUT2D eigenvalue weighted by molar-refractivity contribution is 5.77. The molecule has 0 aliphatic rings. The van der Waals surface area contributed by atoms with Crippen LogP contribution in [0.2, 0.25) is 0 Å². The van der Waals surface area contributed by atoms with Crippen LogP contribution >= 0.6 is 0 Å². The normalized spacial score (nSPS) is 10.0. The van der Waals surface area contributed by atoms with Gasteiger partial charge >= 0.3 is 0 Å². The van der Waals surface area contributed by atoms with Crippen molar-refractivity contribution in [3.63, 3.8) is 0 Å². The van der Waals surface area contributed by atoms with Crippen LogP contribution in [0, 0.1) is 10.1 Å². The summed E-state index contributed by atoms with van der Waals surface area (Å²) < 4.78 is 10.8. The molecule has 0 radical (unpaired) electrons. The molecule has 0 aromatic heterocycles. The second-order valence-electron chi connectivity index (χ2n) is 5.82. The Morgan fingerprint density at radius 1 is 1.21 bits per heavy atom. The van der Waals surface area contributed by atoms with Crippen LogP contribution in [0.5, 0.6) is 11.5 Å². The van der Waals surface area contributed by atoms with Gasteiger partial charge in [-0.2, -0.15) is 0 Å². The smallest absolute Gasteiger partial charge is 0.292 e. The molecule has 148 valence electrons. The number of carbonyl (C=O) groups excluding carboxylic acids is 1. The first-order chi connectivity index (χ1) is 13.5. The van der Waals surface area contributed by atoms with Gasteiger partial charge < -0.3 is 20.1 Å². The van der Waals surface area contributed by atoms with Gasteiger partial charge in [0.25, 0.3) is 11.6 Å². The molecule has 0 atom stereocenters. The third-order valence-corrected chi connectivity index (χ3v) is 3.83. The predicted molar refractivity (Wildman–Crippen MR) is 107 cm³/mol. The first-order valence-corrected chi connectivity index (χ1v) is 8.69. The number of nitrogens with zero attached hydrogens (tertiary/aromatic N) is 1. The summed E-state index contributed by atoms with van der Waals surface area (Å²) in [4.78, 5) is 22.4. The number of nitro groups is 1. The third kappa shape index (κ3) is 6.01. The molecule has 0 fully saturated rings. The number of allylic oxidation sites excluding steroid dienone is 1. The quantitative estimate of drug-likeness (QED) is 0.267. The molecular formula is C20H23N3O5. The van der Waals surface area contributed by atoms with E-state index < -0.39 is 4.92 Å². The van der Waals surface area contributed by atoms with Crippen LogP contribution in [0.1, 0.15) is 5.56 Å². The molecule has 0 saturated carbocycles. The van der Waals surface area contributed by atoms with Gasteiger partial charge in [-0.3, -0.25) is 14.9 Å². The van der Waals surface area contributed by atoms with Gasteiger partial charge in [-0.15, -0.1) is 6.58 Å². The summed E-state index contributed by atoms with van der Waals surface area (Å²) in [6, 6.07) is 11.8. The number of nitro benzene ring substituents is 1. The number of carbonyl (C=O) groups is 1. The zero-order chi connectivity index (χ0) is 20.4. The second kappa shape index (κ2) is 10.6. The first-order valence-electron chi connectivity index (χ1n) is 8.69. The van der Waals surface area contributed by atoms with E-state index in [2.05, 4.69) is 17.2 Å². The molecule has 28 heavy (non-hydrogen) atoms. The van der Waals surface area contributed by atoms with Gasteiger partial charge in [-0.25, -0.2) is 0 Å². The Kier molecular flexibility index (Phi) is 7.83. The maximum Gasteiger partial charge on any atom is 0.292 e. The number of hydrogen-bond acceptors (Lipinski definition) is 6. The second-order valence-corrected chi connectivity index (χ2v) is 5.82. The molecule has 8 heteroatoms. The van der Waals surface area contributed by atoms with Crippen LogP contribution in [0.3, 0.4) is 0 Å². The molecule has 1 amide bonds. The van der Waals surface area contributed by atoms with Crippen molar-refractivity contribution >= 4 is 17.3 Å². The fourth-order valence-corrected chi connectivity index (χ4v) is 2.50. The summed E-state index contributed by atoms with van der Waals surface area (Å²) >= 11 is 0. The summed E-state index contributed by atoms with van der Waals surface area (Å²) in [5.41, 5.74) is 1.43. The number of hydrogen-bond donors (Lipinski definition) is 2. The Morgan fingerprint density at radius 3 is 2.71 bits per heavy atom. The minimum absolute atomic E-state index is 0.0100.